The maximum Gasteiger partial charge on any atom is 0.416 e. The first-order chi connectivity index (χ1) is 23.2. The van der Waals surface area contributed by atoms with Crippen LogP contribution in [0, 0.1) is 0 Å². The van der Waals surface area contributed by atoms with Crippen molar-refractivity contribution in [3.8, 4) is 22.9 Å². The average molecular weight is 661 g/mol. The number of hydrogen-bond donors (Lipinski definition) is 0. The monoisotopic (exact) mass is 660 g/mol. The molecule has 0 N–H and O–H groups in total. The molecular formula is C35H35F3N6O4. The second-order valence-corrected chi connectivity index (χ2v) is 12.2. The Morgan fingerprint density at radius 3 is 2.54 bits per heavy atom. The molecule has 0 bridgehead atoms. The minimum Gasteiger partial charge on any atom is -0.493 e. The van der Waals surface area contributed by atoms with Gasteiger partial charge >= 0.3 is 6.18 Å². The highest BCUT2D eigenvalue weighted by molar-refractivity contribution is 6.03. The van der Waals surface area contributed by atoms with Crippen molar-refractivity contribution in [3.05, 3.63) is 77.6 Å². The molecule has 0 aliphatic carbocycles. The van der Waals surface area contributed by atoms with E-state index in [4.69, 9.17) is 9.47 Å². The van der Waals surface area contributed by atoms with E-state index in [0.717, 1.165) is 44.5 Å². The van der Waals surface area contributed by atoms with Gasteiger partial charge in [-0.05, 0) is 49.6 Å². The highest BCUT2D eigenvalue weighted by Crippen LogP contribution is 2.38. The van der Waals surface area contributed by atoms with E-state index in [9.17, 15) is 22.8 Å². The summed E-state index contributed by atoms with van der Waals surface area (Å²) in [6.45, 7) is 4.33. The number of carbonyl (C=O) groups is 2. The summed E-state index contributed by atoms with van der Waals surface area (Å²) in [6, 6.07) is 13.7. The zero-order chi connectivity index (χ0) is 33.4. The molecule has 3 aliphatic heterocycles. The van der Waals surface area contributed by atoms with Crippen LogP contribution >= 0.6 is 0 Å². The Bertz CT molecular complexity index is 1860. The number of aliphatic imine (C=N–C) groups is 1. The summed E-state index contributed by atoms with van der Waals surface area (Å²) in [6.07, 6.45) is 1.80. The Kier molecular flexibility index (Phi) is 8.54. The highest BCUT2D eigenvalue weighted by Gasteiger charge is 2.33. The molecule has 7 rings (SSSR count). The standard InChI is InChI=1S/C35H35F3N6O4/c1-47-29-20-26-27(39-22-25-6-4-14-43(25)33(26)45)21-30(29)48-19-5-12-41-15-17-42(18-16-41)34(46)31-28-7-2-3-13-44(28)32(40-31)23-8-10-24(11-9-23)35(36,37)38/h2-3,7-11,13,20-22,25H,4-6,12,14-19H2,1H3/t25-/m0/s1. The molecule has 13 heteroatoms. The van der Waals surface area contributed by atoms with Crippen LogP contribution in [0.3, 0.4) is 0 Å². The molecule has 0 spiro atoms. The number of pyridine rings is 1. The van der Waals surface area contributed by atoms with Crippen LogP contribution in [0.15, 0.2) is 65.8 Å². The van der Waals surface area contributed by atoms with Crippen LogP contribution in [-0.2, 0) is 6.18 Å². The van der Waals surface area contributed by atoms with Gasteiger partial charge in [-0.3, -0.25) is 23.9 Å². The Balaban J connectivity index is 0.951. The van der Waals surface area contributed by atoms with E-state index in [0.29, 0.717) is 72.4 Å². The summed E-state index contributed by atoms with van der Waals surface area (Å²) in [5.41, 5.74) is 1.72. The zero-order valence-electron chi connectivity index (χ0n) is 26.4. The molecule has 250 valence electrons. The lowest BCUT2D eigenvalue weighted by atomic mass is 10.1. The van der Waals surface area contributed by atoms with Gasteiger partial charge in [-0.1, -0.05) is 18.2 Å². The van der Waals surface area contributed by atoms with Gasteiger partial charge in [0.05, 0.1) is 42.1 Å². The first-order valence-corrected chi connectivity index (χ1v) is 16.1. The van der Waals surface area contributed by atoms with Crippen molar-refractivity contribution in [1.82, 2.24) is 24.1 Å². The molecule has 48 heavy (non-hydrogen) atoms. The second kappa shape index (κ2) is 12.9. The van der Waals surface area contributed by atoms with Crippen molar-refractivity contribution in [1.29, 1.82) is 0 Å². The van der Waals surface area contributed by atoms with Crippen LogP contribution in [0.25, 0.3) is 16.9 Å². The van der Waals surface area contributed by atoms with Crippen LogP contribution in [0.5, 0.6) is 11.5 Å². The van der Waals surface area contributed by atoms with Gasteiger partial charge in [0.1, 0.15) is 5.82 Å². The number of carbonyl (C=O) groups excluding carboxylic acids is 2. The fraction of sp³-hybridized carbons (Fsp3) is 0.371. The Morgan fingerprint density at radius 1 is 1.00 bits per heavy atom. The van der Waals surface area contributed by atoms with Crippen molar-refractivity contribution in [3.63, 3.8) is 0 Å². The molecule has 0 radical (unpaired) electrons. The molecule has 5 heterocycles. The first kappa shape index (κ1) is 31.7. The summed E-state index contributed by atoms with van der Waals surface area (Å²) in [7, 11) is 1.56. The summed E-state index contributed by atoms with van der Waals surface area (Å²) in [5.74, 6) is 1.20. The summed E-state index contributed by atoms with van der Waals surface area (Å²) >= 11 is 0. The summed E-state index contributed by atoms with van der Waals surface area (Å²) in [5, 5.41) is 0. The number of hydrogen-bond acceptors (Lipinski definition) is 7. The quantitative estimate of drug-likeness (QED) is 0.230. The number of halogens is 3. The lowest BCUT2D eigenvalue weighted by Crippen LogP contribution is -2.49. The number of aromatic nitrogens is 2. The largest absolute Gasteiger partial charge is 0.493 e. The van der Waals surface area contributed by atoms with Gasteiger partial charge in [0.15, 0.2) is 17.2 Å². The number of alkyl halides is 3. The molecule has 2 saturated heterocycles. The van der Waals surface area contributed by atoms with Crippen LogP contribution in [0.4, 0.5) is 18.9 Å². The van der Waals surface area contributed by atoms with Crippen molar-refractivity contribution in [2.45, 2.75) is 31.5 Å². The Hall–Kier alpha value is -4.91. The zero-order valence-corrected chi connectivity index (χ0v) is 26.4. The fourth-order valence-corrected chi connectivity index (χ4v) is 6.62. The van der Waals surface area contributed by atoms with E-state index in [1.165, 1.54) is 12.1 Å². The van der Waals surface area contributed by atoms with Crippen LogP contribution in [0.2, 0.25) is 0 Å². The SMILES string of the molecule is COc1cc2c(cc1OCCCN1CCN(C(=O)c3nc(-c4ccc(C(F)(F)F)cc4)n4ccccc34)CC1)N=C[C@@H]1CCCN1C2=O. The number of benzene rings is 2. The molecule has 10 nitrogen and oxygen atoms in total. The van der Waals surface area contributed by atoms with Gasteiger partial charge in [-0.15, -0.1) is 0 Å². The minimum absolute atomic E-state index is 0.0281. The summed E-state index contributed by atoms with van der Waals surface area (Å²) < 4.78 is 52.7. The minimum atomic E-state index is -4.44. The smallest absolute Gasteiger partial charge is 0.416 e. The molecule has 3 aliphatic rings. The average Bonchev–Trinajstić information content (AvgIpc) is 3.71. The predicted octanol–water partition coefficient (Wildman–Crippen LogP) is 5.58. The number of nitrogens with zero attached hydrogens (tertiary/aromatic N) is 6. The van der Waals surface area contributed by atoms with Crippen LogP contribution in [-0.4, -0.2) is 101 Å². The number of piperazine rings is 1. The Morgan fingerprint density at radius 2 is 1.79 bits per heavy atom. The van der Waals surface area contributed by atoms with Gasteiger partial charge in [-0.25, -0.2) is 4.98 Å². The molecule has 2 amide bonds. The van der Waals surface area contributed by atoms with E-state index >= 15 is 0 Å². The normalized spacial score (nSPS) is 18.2. The number of methoxy groups -OCH3 is 1. The lowest BCUT2D eigenvalue weighted by Gasteiger charge is -2.34. The molecule has 2 aromatic carbocycles. The van der Waals surface area contributed by atoms with E-state index in [-0.39, 0.29) is 23.6 Å². The third-order valence-electron chi connectivity index (χ3n) is 9.22. The molecule has 1 atom stereocenters. The maximum absolute atomic E-state index is 13.6. The number of fused-ring (bicyclic) bond motifs is 3. The third kappa shape index (κ3) is 6.10. The highest BCUT2D eigenvalue weighted by atomic mass is 19.4. The molecule has 2 fully saturated rings. The number of ether oxygens (including phenoxy) is 2. The molecule has 2 aromatic heterocycles. The predicted molar refractivity (Wildman–Crippen MR) is 173 cm³/mol. The van der Waals surface area contributed by atoms with Crippen molar-refractivity contribution in [2.24, 2.45) is 4.99 Å². The maximum atomic E-state index is 13.6. The molecule has 0 saturated carbocycles. The molecule has 0 unspecified atom stereocenters. The van der Waals surface area contributed by atoms with Crippen LogP contribution in [0.1, 0.15) is 45.7 Å². The van der Waals surface area contributed by atoms with E-state index in [2.05, 4.69) is 14.9 Å². The van der Waals surface area contributed by atoms with Gasteiger partial charge in [0.25, 0.3) is 11.8 Å². The second-order valence-electron chi connectivity index (χ2n) is 12.2. The van der Waals surface area contributed by atoms with Crippen molar-refractivity contribution >= 4 is 29.2 Å². The van der Waals surface area contributed by atoms with Gasteiger partial charge in [0.2, 0.25) is 0 Å². The molecule has 4 aromatic rings. The van der Waals surface area contributed by atoms with Crippen molar-refractivity contribution < 1.29 is 32.2 Å². The van der Waals surface area contributed by atoms with Crippen LogP contribution < -0.4 is 9.47 Å². The fourth-order valence-electron chi connectivity index (χ4n) is 6.62. The Labute approximate surface area is 275 Å². The molecular weight excluding hydrogens is 625 g/mol. The van der Waals surface area contributed by atoms with Crippen molar-refractivity contribution in [2.75, 3.05) is 53.0 Å². The number of rotatable bonds is 8. The van der Waals surface area contributed by atoms with E-state index < -0.39 is 11.7 Å². The van der Waals surface area contributed by atoms with Gasteiger partial charge in [-0.2, -0.15) is 13.2 Å². The number of imidazole rings is 1. The first-order valence-electron chi connectivity index (χ1n) is 16.1. The number of amides is 2. The topological polar surface area (TPSA) is 92.0 Å². The van der Waals surface area contributed by atoms with E-state index in [1.54, 1.807) is 52.9 Å². The van der Waals surface area contributed by atoms with Gasteiger partial charge in [0, 0.05) is 63.3 Å². The summed E-state index contributed by atoms with van der Waals surface area (Å²) in [4.78, 5) is 41.9. The third-order valence-corrected chi connectivity index (χ3v) is 9.22. The lowest BCUT2D eigenvalue weighted by molar-refractivity contribution is -0.137. The van der Waals surface area contributed by atoms with E-state index in [1.807, 2.05) is 11.1 Å². The van der Waals surface area contributed by atoms with Gasteiger partial charge < -0.3 is 19.3 Å².